The van der Waals surface area contributed by atoms with Gasteiger partial charge in [0.2, 0.25) is 12.7 Å². The Balaban J connectivity index is 2.51. The second-order valence-electron chi connectivity index (χ2n) is 6.32. The van der Waals surface area contributed by atoms with Crippen LogP contribution in [-0.4, -0.2) is 56.4 Å². The van der Waals surface area contributed by atoms with Crippen molar-refractivity contribution in [3.8, 4) is 0 Å². The van der Waals surface area contributed by atoms with E-state index in [1.807, 2.05) is 0 Å². The molecule has 0 aliphatic heterocycles. The van der Waals surface area contributed by atoms with Crippen molar-refractivity contribution >= 4 is 19.5 Å². The maximum atomic E-state index is 11.9. The van der Waals surface area contributed by atoms with Gasteiger partial charge in [-0.1, -0.05) is 0 Å². The van der Waals surface area contributed by atoms with Crippen LogP contribution in [0.4, 0.5) is 5.95 Å². The summed E-state index contributed by atoms with van der Waals surface area (Å²) < 4.78 is 27.3. The molecule has 26 heavy (non-hydrogen) atoms. The first kappa shape index (κ1) is 22.2. The highest BCUT2D eigenvalue weighted by Gasteiger charge is 2.26. The molecule has 0 saturated carbocycles. The van der Waals surface area contributed by atoms with E-state index in [4.69, 9.17) is 15.2 Å². The number of aliphatic hydroxyl groups excluding tert-OH is 1. The third-order valence-corrected chi connectivity index (χ3v) is 3.90. The summed E-state index contributed by atoms with van der Waals surface area (Å²) in [4.78, 5) is 39.8. The van der Waals surface area contributed by atoms with E-state index >= 15 is 0 Å². The molecule has 0 saturated heterocycles. The van der Waals surface area contributed by atoms with Crippen molar-refractivity contribution in [1.29, 1.82) is 0 Å². The van der Waals surface area contributed by atoms with Crippen molar-refractivity contribution in [3.05, 3.63) is 16.8 Å². The Bertz CT molecular complexity index is 717. The lowest BCUT2D eigenvalue weighted by Crippen LogP contribution is -2.32. The van der Waals surface area contributed by atoms with Gasteiger partial charge in [0.25, 0.3) is 0 Å². The molecule has 148 valence electrons. The fourth-order valence-corrected chi connectivity index (χ4v) is 2.18. The number of carbonyl (C=O) groups is 1. The zero-order valence-electron chi connectivity index (χ0n) is 14.7. The third-order valence-electron chi connectivity index (χ3n) is 2.92. The molecule has 0 fully saturated rings. The number of aliphatic hydroxyl groups is 1. The Morgan fingerprint density at radius 1 is 1.46 bits per heavy atom. The molecule has 0 radical (unpaired) electrons. The van der Waals surface area contributed by atoms with E-state index in [0.717, 1.165) is 10.9 Å². The molecule has 0 aliphatic carbocycles. The molecule has 1 aromatic rings. The van der Waals surface area contributed by atoms with Crippen LogP contribution in [0.2, 0.25) is 0 Å². The monoisotopic (exact) mass is 394 g/mol. The van der Waals surface area contributed by atoms with E-state index in [-0.39, 0.29) is 12.5 Å². The molecule has 12 nitrogen and oxygen atoms in total. The zero-order chi connectivity index (χ0) is 20.0. The second kappa shape index (κ2) is 9.19. The van der Waals surface area contributed by atoms with E-state index in [9.17, 15) is 24.2 Å². The largest absolute Gasteiger partial charge is 0.438 e. The number of aromatic nitrogens is 3. The molecule has 1 rings (SSSR count). The standard InChI is InChI=1S/C13H23N4O8P/c1-13(2,3)10(19)23-7-25-26(21,22)8-24-9(5-18)4-17-6-15-11(14)16-12(17)20/h6,9,18H,4-5,7-8H2,1-3H3,(H,21,22)(H2,14,16,20)/t9-/m0/s1. The van der Waals surface area contributed by atoms with Crippen molar-refractivity contribution in [2.75, 3.05) is 25.5 Å². The number of anilines is 1. The number of hydrogen-bond acceptors (Lipinski definition) is 10. The number of esters is 1. The number of ether oxygens (including phenoxy) is 2. The quantitative estimate of drug-likeness (QED) is 0.274. The molecule has 0 amide bonds. The number of nitrogens with two attached hydrogens (primary N) is 1. The molecule has 1 unspecified atom stereocenters. The van der Waals surface area contributed by atoms with Gasteiger partial charge in [0.15, 0.2) is 0 Å². The predicted octanol–water partition coefficient (Wildman–Crippen LogP) is -0.696. The van der Waals surface area contributed by atoms with Crippen LogP contribution in [0, 0.1) is 5.41 Å². The minimum absolute atomic E-state index is 0.172. The molecular weight excluding hydrogens is 371 g/mol. The third kappa shape index (κ3) is 7.58. The molecule has 0 aromatic carbocycles. The van der Waals surface area contributed by atoms with Crippen molar-refractivity contribution in [3.63, 3.8) is 0 Å². The second-order valence-corrected chi connectivity index (χ2v) is 8.11. The predicted molar refractivity (Wildman–Crippen MR) is 88.9 cm³/mol. The van der Waals surface area contributed by atoms with E-state index in [0.29, 0.717) is 0 Å². The number of rotatable bonds is 9. The van der Waals surface area contributed by atoms with Crippen LogP contribution in [-0.2, 0) is 29.9 Å². The van der Waals surface area contributed by atoms with Gasteiger partial charge in [-0.25, -0.2) is 9.78 Å². The smallest absolute Gasteiger partial charge is 0.356 e. The van der Waals surface area contributed by atoms with Crippen LogP contribution >= 0.6 is 7.60 Å². The Labute approximate surface area is 149 Å². The van der Waals surface area contributed by atoms with E-state index in [2.05, 4.69) is 14.5 Å². The van der Waals surface area contributed by atoms with Gasteiger partial charge in [0.1, 0.15) is 12.7 Å². The van der Waals surface area contributed by atoms with Crippen LogP contribution in [0.5, 0.6) is 0 Å². The number of carbonyl (C=O) groups excluding carboxylic acids is 1. The summed E-state index contributed by atoms with van der Waals surface area (Å²) >= 11 is 0. The molecule has 13 heteroatoms. The maximum absolute atomic E-state index is 11.9. The number of hydrogen-bond donors (Lipinski definition) is 3. The summed E-state index contributed by atoms with van der Waals surface area (Å²) in [6, 6.07) is 0. The summed E-state index contributed by atoms with van der Waals surface area (Å²) in [6.45, 7) is 3.41. The van der Waals surface area contributed by atoms with Gasteiger partial charge in [-0.05, 0) is 20.8 Å². The van der Waals surface area contributed by atoms with Gasteiger partial charge in [-0.2, -0.15) is 4.98 Å². The SMILES string of the molecule is CC(C)(C)C(=O)OCOP(=O)(O)CO[C@H](CO)Cn1cnc(N)nc1=O. The van der Waals surface area contributed by atoms with Gasteiger partial charge < -0.3 is 25.2 Å². The van der Waals surface area contributed by atoms with Crippen LogP contribution < -0.4 is 11.4 Å². The van der Waals surface area contributed by atoms with Crippen molar-refractivity contribution in [1.82, 2.24) is 14.5 Å². The van der Waals surface area contributed by atoms with Crippen molar-refractivity contribution in [2.45, 2.75) is 33.4 Å². The number of nitrogens with zero attached hydrogens (tertiary/aromatic N) is 3. The Morgan fingerprint density at radius 2 is 2.12 bits per heavy atom. The fraction of sp³-hybridized carbons (Fsp3) is 0.692. The average Bonchev–Trinajstić information content (AvgIpc) is 2.52. The van der Waals surface area contributed by atoms with Crippen LogP contribution in [0.3, 0.4) is 0 Å². The zero-order valence-corrected chi connectivity index (χ0v) is 15.6. The topological polar surface area (TPSA) is 176 Å². The van der Waals surface area contributed by atoms with Gasteiger partial charge in [0.05, 0.1) is 24.7 Å². The van der Waals surface area contributed by atoms with Crippen LogP contribution in [0.25, 0.3) is 0 Å². The summed E-state index contributed by atoms with van der Waals surface area (Å²) in [5.41, 5.74) is 3.77. The van der Waals surface area contributed by atoms with Crippen molar-refractivity contribution in [2.24, 2.45) is 5.41 Å². The molecule has 1 aromatic heterocycles. The van der Waals surface area contributed by atoms with Gasteiger partial charge >= 0.3 is 19.3 Å². The lowest BCUT2D eigenvalue weighted by molar-refractivity contribution is -0.160. The van der Waals surface area contributed by atoms with Gasteiger partial charge in [0, 0.05) is 0 Å². The highest BCUT2D eigenvalue weighted by atomic mass is 31.2. The first-order valence-corrected chi connectivity index (χ1v) is 9.26. The Kier molecular flexibility index (Phi) is 7.85. The Hall–Kier alpha value is -1.85. The minimum atomic E-state index is -4.24. The van der Waals surface area contributed by atoms with Crippen molar-refractivity contribution < 1.29 is 33.4 Å². The molecule has 0 bridgehead atoms. The summed E-state index contributed by atoms with van der Waals surface area (Å²) in [6.07, 6.45) is -0.672. The first-order valence-electron chi connectivity index (χ1n) is 7.49. The first-order chi connectivity index (χ1) is 11.9. The summed E-state index contributed by atoms with van der Waals surface area (Å²) in [7, 11) is -4.24. The lowest BCUT2D eigenvalue weighted by atomic mass is 9.98. The molecule has 1 heterocycles. The van der Waals surface area contributed by atoms with E-state index in [1.165, 1.54) is 0 Å². The van der Waals surface area contributed by atoms with E-state index in [1.54, 1.807) is 20.8 Å². The minimum Gasteiger partial charge on any atom is -0.438 e. The molecule has 0 aliphatic rings. The van der Waals surface area contributed by atoms with Crippen LogP contribution in [0.1, 0.15) is 20.8 Å². The summed E-state index contributed by atoms with van der Waals surface area (Å²) in [5.74, 6) is -0.805. The maximum Gasteiger partial charge on any atom is 0.356 e. The Morgan fingerprint density at radius 3 is 2.65 bits per heavy atom. The average molecular weight is 394 g/mol. The molecular formula is C13H23N4O8P. The van der Waals surface area contributed by atoms with Gasteiger partial charge in [-0.3, -0.25) is 18.5 Å². The number of nitrogen functional groups attached to an aromatic ring is 1. The molecule has 4 N–H and O–H groups in total. The van der Waals surface area contributed by atoms with Gasteiger partial charge in [-0.15, -0.1) is 0 Å². The lowest BCUT2D eigenvalue weighted by Gasteiger charge is -2.20. The molecule has 2 atom stereocenters. The molecule has 0 spiro atoms. The van der Waals surface area contributed by atoms with Crippen LogP contribution in [0.15, 0.2) is 11.1 Å². The summed E-state index contributed by atoms with van der Waals surface area (Å²) in [5, 5.41) is 9.28. The highest BCUT2D eigenvalue weighted by molar-refractivity contribution is 7.52. The fourth-order valence-electron chi connectivity index (χ4n) is 1.49. The normalized spacial score (nSPS) is 15.3. The highest BCUT2D eigenvalue weighted by Crippen LogP contribution is 2.42. The van der Waals surface area contributed by atoms with E-state index < -0.39 is 50.5 Å².